The smallest absolute Gasteiger partial charge is 0.236 e. The number of rotatable bonds is 4. The Hall–Kier alpha value is -1.46. The van der Waals surface area contributed by atoms with Crippen LogP contribution >= 0.6 is 0 Å². The van der Waals surface area contributed by atoms with E-state index >= 15 is 0 Å². The number of aliphatic hydroxyl groups excluding tert-OH is 1. The fourth-order valence-corrected chi connectivity index (χ4v) is 3.63. The van der Waals surface area contributed by atoms with Crippen LogP contribution in [0.5, 0.6) is 0 Å². The van der Waals surface area contributed by atoms with Gasteiger partial charge >= 0.3 is 0 Å². The van der Waals surface area contributed by atoms with Crippen molar-refractivity contribution in [2.45, 2.75) is 31.8 Å². The molecule has 5 heteroatoms. The Labute approximate surface area is 136 Å². The average Bonchev–Trinajstić information content (AvgIpc) is 3.06. The Kier molecular flexibility index (Phi) is 5.28. The number of likely N-dealkylation sites (tertiary alicyclic amines) is 2. The lowest BCUT2D eigenvalue weighted by Gasteiger charge is -2.36. The number of halogens is 1. The molecule has 0 radical (unpaired) electrons. The van der Waals surface area contributed by atoms with E-state index in [2.05, 4.69) is 0 Å². The van der Waals surface area contributed by atoms with Crippen molar-refractivity contribution < 1.29 is 14.3 Å². The third-order valence-electron chi connectivity index (χ3n) is 5.06. The monoisotopic (exact) mass is 320 g/mol. The molecule has 3 rings (SSSR count). The SMILES string of the molecule is O=C(CN1CC[C@H](Cc2ccccc2F)[C@@H](O)C1)N1CCCC1. The highest BCUT2D eigenvalue weighted by molar-refractivity contribution is 5.78. The lowest BCUT2D eigenvalue weighted by atomic mass is 9.87. The van der Waals surface area contributed by atoms with Crippen LogP contribution < -0.4 is 0 Å². The highest BCUT2D eigenvalue weighted by atomic mass is 19.1. The van der Waals surface area contributed by atoms with Crippen LogP contribution in [0.25, 0.3) is 0 Å². The predicted octanol–water partition coefficient (Wildman–Crippen LogP) is 1.67. The van der Waals surface area contributed by atoms with E-state index in [1.165, 1.54) is 6.07 Å². The Balaban J connectivity index is 1.51. The number of nitrogens with zero attached hydrogens (tertiary/aromatic N) is 2. The first-order valence-corrected chi connectivity index (χ1v) is 8.55. The van der Waals surface area contributed by atoms with Gasteiger partial charge in [-0.25, -0.2) is 4.39 Å². The second kappa shape index (κ2) is 7.41. The molecular weight excluding hydrogens is 295 g/mol. The normalized spacial score (nSPS) is 25.7. The molecule has 0 aromatic heterocycles. The van der Waals surface area contributed by atoms with Gasteiger partial charge in [-0.05, 0) is 49.8 Å². The summed E-state index contributed by atoms with van der Waals surface area (Å²) in [6.07, 6.45) is 3.04. The third kappa shape index (κ3) is 4.09. The standard InChI is InChI=1S/C18H25FN2O2/c19-16-6-2-1-5-14(16)11-15-7-10-20(12-17(15)22)13-18(23)21-8-3-4-9-21/h1-2,5-6,15,17,22H,3-4,7-13H2/t15-,17+/m1/s1. The minimum atomic E-state index is -0.505. The molecule has 4 nitrogen and oxygen atoms in total. The van der Waals surface area contributed by atoms with Crippen LogP contribution in [0.15, 0.2) is 24.3 Å². The van der Waals surface area contributed by atoms with Gasteiger partial charge in [0.15, 0.2) is 0 Å². The van der Waals surface area contributed by atoms with Gasteiger partial charge in [0, 0.05) is 19.6 Å². The average molecular weight is 320 g/mol. The molecule has 0 bridgehead atoms. The largest absolute Gasteiger partial charge is 0.391 e. The maximum Gasteiger partial charge on any atom is 0.236 e. The lowest BCUT2D eigenvalue weighted by molar-refractivity contribution is -0.132. The van der Waals surface area contributed by atoms with Gasteiger partial charge in [-0.3, -0.25) is 9.69 Å². The first kappa shape index (κ1) is 16.4. The van der Waals surface area contributed by atoms with Gasteiger partial charge in [-0.1, -0.05) is 18.2 Å². The quantitative estimate of drug-likeness (QED) is 0.918. The number of hydrogen-bond acceptors (Lipinski definition) is 3. The molecule has 0 saturated carbocycles. The fourth-order valence-electron chi connectivity index (χ4n) is 3.63. The number of carbonyl (C=O) groups excluding carboxylic acids is 1. The number of aliphatic hydroxyl groups is 1. The third-order valence-corrected chi connectivity index (χ3v) is 5.06. The Morgan fingerprint density at radius 3 is 2.65 bits per heavy atom. The van der Waals surface area contributed by atoms with Crippen LogP contribution in [0.2, 0.25) is 0 Å². The summed E-state index contributed by atoms with van der Waals surface area (Å²) in [4.78, 5) is 16.1. The first-order chi connectivity index (χ1) is 11.1. The van der Waals surface area contributed by atoms with Crippen molar-refractivity contribution in [3.8, 4) is 0 Å². The molecule has 2 aliphatic rings. The summed E-state index contributed by atoms with van der Waals surface area (Å²) in [6.45, 7) is 3.41. The Morgan fingerprint density at radius 2 is 1.96 bits per heavy atom. The van der Waals surface area contributed by atoms with Crippen molar-refractivity contribution in [3.05, 3.63) is 35.6 Å². The van der Waals surface area contributed by atoms with Gasteiger partial charge < -0.3 is 10.0 Å². The van der Waals surface area contributed by atoms with E-state index in [4.69, 9.17) is 0 Å². The number of amides is 1. The summed E-state index contributed by atoms with van der Waals surface area (Å²) >= 11 is 0. The molecule has 1 aromatic carbocycles. The first-order valence-electron chi connectivity index (χ1n) is 8.55. The zero-order chi connectivity index (χ0) is 16.2. The molecule has 1 amide bonds. The summed E-state index contributed by atoms with van der Waals surface area (Å²) in [7, 11) is 0. The number of piperidine rings is 1. The number of benzene rings is 1. The number of β-amino-alcohol motifs (C(OH)–C–C–N with tert-alkyl or cyclic N) is 1. The van der Waals surface area contributed by atoms with Crippen molar-refractivity contribution in [2.24, 2.45) is 5.92 Å². The van der Waals surface area contributed by atoms with Crippen molar-refractivity contribution in [1.82, 2.24) is 9.80 Å². The molecule has 126 valence electrons. The summed E-state index contributed by atoms with van der Waals surface area (Å²) < 4.78 is 13.8. The van der Waals surface area contributed by atoms with Crippen molar-refractivity contribution in [3.63, 3.8) is 0 Å². The predicted molar refractivity (Wildman–Crippen MR) is 86.5 cm³/mol. The van der Waals surface area contributed by atoms with Gasteiger partial charge in [-0.15, -0.1) is 0 Å². The molecule has 2 aliphatic heterocycles. The van der Waals surface area contributed by atoms with Crippen LogP contribution in [0.4, 0.5) is 4.39 Å². The van der Waals surface area contributed by atoms with E-state index in [9.17, 15) is 14.3 Å². The van der Waals surface area contributed by atoms with E-state index < -0.39 is 6.10 Å². The maximum absolute atomic E-state index is 13.8. The summed E-state index contributed by atoms with van der Waals surface area (Å²) in [5, 5.41) is 10.4. The second-order valence-electron chi connectivity index (χ2n) is 6.73. The fraction of sp³-hybridized carbons (Fsp3) is 0.611. The Bertz CT molecular complexity index is 546. The highest BCUT2D eigenvalue weighted by Crippen LogP contribution is 2.23. The molecule has 2 heterocycles. The van der Waals surface area contributed by atoms with Gasteiger partial charge in [0.2, 0.25) is 5.91 Å². The minimum Gasteiger partial charge on any atom is -0.391 e. The number of hydrogen-bond donors (Lipinski definition) is 1. The van der Waals surface area contributed by atoms with E-state index in [0.29, 0.717) is 25.1 Å². The second-order valence-corrected chi connectivity index (χ2v) is 6.73. The van der Waals surface area contributed by atoms with E-state index in [1.807, 2.05) is 15.9 Å². The summed E-state index contributed by atoms with van der Waals surface area (Å²) in [5.74, 6) is 0.0265. The lowest BCUT2D eigenvalue weighted by Crippen LogP contribution is -2.48. The molecule has 0 spiro atoms. The van der Waals surface area contributed by atoms with Gasteiger partial charge in [-0.2, -0.15) is 0 Å². The highest BCUT2D eigenvalue weighted by Gasteiger charge is 2.30. The Morgan fingerprint density at radius 1 is 1.22 bits per heavy atom. The molecule has 2 fully saturated rings. The zero-order valence-electron chi connectivity index (χ0n) is 13.5. The number of carbonyl (C=O) groups is 1. The van der Waals surface area contributed by atoms with Gasteiger partial charge in [0.1, 0.15) is 5.82 Å². The van der Waals surface area contributed by atoms with Crippen molar-refractivity contribution >= 4 is 5.91 Å². The molecule has 0 aliphatic carbocycles. The van der Waals surface area contributed by atoms with Crippen molar-refractivity contribution in [2.75, 3.05) is 32.7 Å². The summed E-state index contributed by atoms with van der Waals surface area (Å²) in [6, 6.07) is 6.76. The van der Waals surface area contributed by atoms with Gasteiger partial charge in [0.05, 0.1) is 12.6 Å². The summed E-state index contributed by atoms with van der Waals surface area (Å²) in [5.41, 5.74) is 0.665. The van der Waals surface area contributed by atoms with Crippen molar-refractivity contribution in [1.29, 1.82) is 0 Å². The molecule has 2 atom stereocenters. The molecular formula is C18H25FN2O2. The van der Waals surface area contributed by atoms with E-state index in [0.717, 1.165) is 38.9 Å². The minimum absolute atomic E-state index is 0.0602. The van der Waals surface area contributed by atoms with Crippen LogP contribution in [0, 0.1) is 11.7 Å². The van der Waals surface area contributed by atoms with E-state index in [1.54, 1.807) is 12.1 Å². The topological polar surface area (TPSA) is 43.8 Å². The molecule has 1 aromatic rings. The van der Waals surface area contributed by atoms with Crippen LogP contribution in [0.3, 0.4) is 0 Å². The molecule has 2 saturated heterocycles. The molecule has 23 heavy (non-hydrogen) atoms. The van der Waals surface area contributed by atoms with Crippen LogP contribution in [0.1, 0.15) is 24.8 Å². The zero-order valence-corrected chi connectivity index (χ0v) is 13.5. The van der Waals surface area contributed by atoms with Crippen LogP contribution in [-0.4, -0.2) is 59.6 Å². The van der Waals surface area contributed by atoms with Crippen LogP contribution in [-0.2, 0) is 11.2 Å². The molecule has 0 unspecified atom stereocenters. The van der Waals surface area contributed by atoms with Gasteiger partial charge in [0.25, 0.3) is 0 Å². The molecule has 1 N–H and O–H groups in total. The van der Waals surface area contributed by atoms with E-state index in [-0.39, 0.29) is 17.6 Å². The maximum atomic E-state index is 13.8.